The lowest BCUT2D eigenvalue weighted by Crippen LogP contribution is -2.06. The Balaban J connectivity index is -0.0000000499. The molecule has 0 bridgehead atoms. The van der Waals surface area contributed by atoms with Crippen molar-refractivity contribution >= 4 is 0 Å². The zero-order valence-corrected chi connectivity index (χ0v) is 32.9. The first-order valence-corrected chi connectivity index (χ1v) is 19.1. The minimum atomic E-state index is 0.875. The zero-order chi connectivity index (χ0) is 32.9. The molecule has 0 radical (unpaired) electrons. The Morgan fingerprint density at radius 1 is 0.308 bits per heavy atom. The highest BCUT2D eigenvalue weighted by atomic mass is 14.3. The van der Waals surface area contributed by atoms with Crippen LogP contribution in [0, 0.1) is 23.7 Å². The Bertz CT molecular complexity index is 205. The summed E-state index contributed by atoms with van der Waals surface area (Å²) in [7, 11) is 0. The van der Waals surface area contributed by atoms with E-state index in [9.17, 15) is 0 Å². The highest BCUT2D eigenvalue weighted by Gasteiger charge is 2.26. The van der Waals surface area contributed by atoms with Gasteiger partial charge in [0.05, 0.1) is 0 Å². The number of rotatable bonds is 3. The molecule has 0 amide bonds. The standard InChI is InChI=1S/C10H18.C7H16.C6H12.8C2H6/c1-2-6-9(5-1)10-7-3-4-8-10;1-6(2)5-7(3)4;1-2-4-6-5-3-1;8*1-2/h9-10H,1-8H2;6-7H,5H2,1-4H3;1-6H2;8*1-2H3. The van der Waals surface area contributed by atoms with Gasteiger partial charge in [0.2, 0.25) is 0 Å². The summed E-state index contributed by atoms with van der Waals surface area (Å²) in [4.78, 5) is 0. The first kappa shape index (κ1) is 58.6. The lowest BCUT2D eigenvalue weighted by atomic mass is 9.90. The third-order valence-corrected chi connectivity index (χ3v) is 5.91. The Morgan fingerprint density at radius 2 is 0.462 bits per heavy atom. The van der Waals surface area contributed by atoms with E-state index < -0.39 is 0 Å². The Hall–Kier alpha value is 0. The first-order chi connectivity index (χ1) is 19.1. The van der Waals surface area contributed by atoms with Gasteiger partial charge >= 0.3 is 0 Å². The third kappa shape index (κ3) is 62.8. The van der Waals surface area contributed by atoms with Gasteiger partial charge in [0.25, 0.3) is 0 Å². The van der Waals surface area contributed by atoms with Crippen molar-refractivity contribution < 1.29 is 0 Å². The van der Waals surface area contributed by atoms with Crippen LogP contribution in [-0.2, 0) is 0 Å². The molecule has 0 N–H and O–H groups in total. The molecule has 3 aliphatic rings. The highest BCUT2D eigenvalue weighted by Crippen LogP contribution is 2.40. The van der Waals surface area contributed by atoms with Crippen LogP contribution >= 0.6 is 0 Å². The normalized spacial score (nSPS) is 14.6. The average molecular weight is 563 g/mol. The molecule has 0 aromatic heterocycles. The molecule has 0 aromatic rings. The van der Waals surface area contributed by atoms with E-state index in [1.165, 1.54) is 70.6 Å². The largest absolute Gasteiger partial charge is 0.0683 e. The zero-order valence-electron chi connectivity index (χ0n) is 32.9. The van der Waals surface area contributed by atoms with E-state index in [0.717, 1.165) is 23.7 Å². The Labute approximate surface area is 258 Å². The number of hydrogen-bond acceptors (Lipinski definition) is 0. The average Bonchev–Trinajstić information content (AvgIpc) is 3.78. The molecule has 0 aliphatic heterocycles. The van der Waals surface area contributed by atoms with Gasteiger partial charge in [-0.25, -0.2) is 0 Å². The molecule has 0 spiro atoms. The van der Waals surface area contributed by atoms with Crippen LogP contribution in [0.15, 0.2) is 0 Å². The maximum absolute atomic E-state index is 2.26. The van der Waals surface area contributed by atoms with Gasteiger partial charge in [-0.1, -0.05) is 228 Å². The molecule has 0 nitrogen and oxygen atoms in total. The van der Waals surface area contributed by atoms with Crippen LogP contribution in [0.2, 0.25) is 0 Å². The Morgan fingerprint density at radius 3 is 0.564 bits per heavy atom. The van der Waals surface area contributed by atoms with Crippen molar-refractivity contribution in [3.63, 3.8) is 0 Å². The summed E-state index contributed by atoms with van der Waals surface area (Å²) in [6, 6.07) is 0. The lowest BCUT2D eigenvalue weighted by molar-refractivity contribution is 0.347. The summed E-state index contributed by atoms with van der Waals surface area (Å²) >= 11 is 0. The second-order valence-electron chi connectivity index (χ2n) is 9.23. The lowest BCUT2D eigenvalue weighted by Gasteiger charge is -2.16. The summed E-state index contributed by atoms with van der Waals surface area (Å²) in [5.74, 6) is 4.06. The van der Waals surface area contributed by atoms with Crippen LogP contribution < -0.4 is 0 Å². The predicted octanol–water partition coefficient (Wildman–Crippen LogP) is 16.6. The van der Waals surface area contributed by atoms with Gasteiger partial charge in [0, 0.05) is 0 Å². The second kappa shape index (κ2) is 71.4. The molecule has 0 saturated heterocycles. The van der Waals surface area contributed by atoms with Gasteiger partial charge < -0.3 is 0 Å². The van der Waals surface area contributed by atoms with E-state index in [1.54, 1.807) is 25.7 Å². The van der Waals surface area contributed by atoms with Gasteiger partial charge in [0.15, 0.2) is 0 Å². The molecule has 3 saturated carbocycles. The molecule has 3 aliphatic carbocycles. The number of hydrogen-bond donors (Lipinski definition) is 0. The van der Waals surface area contributed by atoms with Crippen molar-refractivity contribution in [1.82, 2.24) is 0 Å². The molecule has 0 atom stereocenters. The van der Waals surface area contributed by atoms with Crippen LogP contribution in [0.3, 0.4) is 0 Å². The second-order valence-corrected chi connectivity index (χ2v) is 9.23. The maximum Gasteiger partial charge on any atom is -0.0386 e. The Kier molecular flexibility index (Phi) is 107. The fourth-order valence-corrected chi connectivity index (χ4v) is 4.86. The molecule has 3 fully saturated rings. The van der Waals surface area contributed by atoms with Gasteiger partial charge in [0.1, 0.15) is 0 Å². The summed E-state index contributed by atoms with van der Waals surface area (Å²) in [6.45, 7) is 41.1. The van der Waals surface area contributed by atoms with Crippen molar-refractivity contribution in [1.29, 1.82) is 0 Å². The van der Waals surface area contributed by atoms with Gasteiger partial charge in [-0.15, -0.1) is 0 Å². The maximum atomic E-state index is 2.26. The van der Waals surface area contributed by atoms with Crippen molar-refractivity contribution in [2.45, 2.75) is 235 Å². The quantitative estimate of drug-likeness (QED) is 0.321. The third-order valence-electron chi connectivity index (χ3n) is 5.91. The molecule has 250 valence electrons. The van der Waals surface area contributed by atoms with E-state index in [4.69, 9.17) is 0 Å². The summed E-state index contributed by atoms with van der Waals surface area (Å²) in [5.41, 5.74) is 0. The van der Waals surface area contributed by atoms with Crippen LogP contribution in [0.5, 0.6) is 0 Å². The van der Waals surface area contributed by atoms with E-state index in [0.29, 0.717) is 0 Å². The van der Waals surface area contributed by atoms with Crippen LogP contribution in [0.25, 0.3) is 0 Å². The van der Waals surface area contributed by atoms with Crippen molar-refractivity contribution in [2.24, 2.45) is 23.7 Å². The molecular formula is C39H94. The first-order valence-electron chi connectivity index (χ1n) is 19.1. The van der Waals surface area contributed by atoms with Crippen molar-refractivity contribution in [3.05, 3.63) is 0 Å². The van der Waals surface area contributed by atoms with Gasteiger partial charge in [-0.3, -0.25) is 0 Å². The van der Waals surface area contributed by atoms with Gasteiger partial charge in [-0.05, 0) is 30.1 Å². The smallest absolute Gasteiger partial charge is 0.0386 e. The van der Waals surface area contributed by atoms with E-state index in [2.05, 4.69) is 27.7 Å². The van der Waals surface area contributed by atoms with Crippen molar-refractivity contribution in [3.8, 4) is 0 Å². The summed E-state index contributed by atoms with van der Waals surface area (Å²) in [6.07, 6.45) is 22.7. The minimum Gasteiger partial charge on any atom is -0.0683 e. The van der Waals surface area contributed by atoms with Crippen LogP contribution in [-0.4, -0.2) is 0 Å². The monoisotopic (exact) mass is 563 g/mol. The fourth-order valence-electron chi connectivity index (χ4n) is 4.86. The molecule has 0 heteroatoms. The van der Waals surface area contributed by atoms with Crippen LogP contribution in [0.1, 0.15) is 235 Å². The molecule has 0 heterocycles. The molecule has 0 unspecified atom stereocenters. The van der Waals surface area contributed by atoms with Crippen LogP contribution in [0.4, 0.5) is 0 Å². The van der Waals surface area contributed by atoms with E-state index in [1.807, 2.05) is 111 Å². The van der Waals surface area contributed by atoms with E-state index in [-0.39, 0.29) is 0 Å². The molecular weight excluding hydrogens is 468 g/mol. The SMILES string of the molecule is C1CCC(C2CCCC2)C1.C1CCCCC1.CC.CC.CC.CC.CC.CC.CC.CC.CC(C)CC(C)C. The topological polar surface area (TPSA) is 0 Å². The molecule has 3 rings (SSSR count). The van der Waals surface area contributed by atoms with Crippen molar-refractivity contribution in [2.75, 3.05) is 0 Å². The van der Waals surface area contributed by atoms with Gasteiger partial charge in [-0.2, -0.15) is 0 Å². The highest BCUT2D eigenvalue weighted by molar-refractivity contribution is 4.78. The molecule has 39 heavy (non-hydrogen) atoms. The van der Waals surface area contributed by atoms with E-state index >= 15 is 0 Å². The predicted molar refractivity (Wildman–Crippen MR) is 197 cm³/mol. The molecule has 0 aromatic carbocycles. The minimum absolute atomic E-state index is 0.875. The fraction of sp³-hybridized carbons (Fsp3) is 1.00. The summed E-state index contributed by atoms with van der Waals surface area (Å²) in [5, 5.41) is 0. The summed E-state index contributed by atoms with van der Waals surface area (Å²) < 4.78 is 0.